The zero-order valence-corrected chi connectivity index (χ0v) is 24.2. The topological polar surface area (TPSA) is 9.23 Å². The van der Waals surface area contributed by atoms with Crippen molar-refractivity contribution in [1.82, 2.24) is 0 Å². The fourth-order valence-electron chi connectivity index (χ4n) is 5.55. The van der Waals surface area contributed by atoms with Gasteiger partial charge in [0.2, 0.25) is 5.82 Å². The lowest BCUT2D eigenvalue weighted by molar-refractivity contribution is 0.333. The Morgan fingerprint density at radius 2 is 1.69 bits per heavy atom. The highest BCUT2D eigenvalue weighted by atomic mass is 19.2. The van der Waals surface area contributed by atoms with Crippen molar-refractivity contribution in [2.45, 2.75) is 58.3 Å². The monoisotopic (exact) mass is 574 g/mol. The highest BCUT2D eigenvalue weighted by Crippen LogP contribution is 2.37. The summed E-state index contributed by atoms with van der Waals surface area (Å²) >= 11 is 0. The van der Waals surface area contributed by atoms with Crippen LogP contribution < -0.4 is 4.74 Å². The third kappa shape index (κ3) is 7.50. The molecule has 0 amide bonds. The van der Waals surface area contributed by atoms with E-state index < -0.39 is 23.3 Å². The summed E-state index contributed by atoms with van der Waals surface area (Å²) in [6.45, 7) is 9.47. The molecule has 0 spiro atoms. The first kappa shape index (κ1) is 31.1. The molecule has 3 aromatic rings. The second kappa shape index (κ2) is 14.9. The summed E-state index contributed by atoms with van der Waals surface area (Å²) in [5.74, 6) is -4.20. The van der Waals surface area contributed by atoms with E-state index in [2.05, 4.69) is 38.3 Å². The summed E-state index contributed by atoms with van der Waals surface area (Å²) in [4.78, 5) is 0. The fraction of sp³-hybridized carbons (Fsp3) is 0.297. The van der Waals surface area contributed by atoms with E-state index in [0.29, 0.717) is 23.1 Å². The van der Waals surface area contributed by atoms with Gasteiger partial charge in [-0.15, -0.1) is 0 Å². The van der Waals surface area contributed by atoms with Gasteiger partial charge in [0.15, 0.2) is 17.4 Å². The first-order valence-corrected chi connectivity index (χ1v) is 14.6. The van der Waals surface area contributed by atoms with E-state index in [1.54, 1.807) is 30.3 Å². The minimum Gasteiger partial charge on any atom is -0.486 e. The SMILES string of the molecule is C=C/C=C(\C(F)=C(\F)Cc1ccc(-c2ccc(OCC=C)c(F)c2F)cc1)C1CCc2cc(CCCCC)ccc2C1. The molecule has 1 atom stereocenters. The molecule has 4 rings (SSSR count). The van der Waals surface area contributed by atoms with Gasteiger partial charge in [-0.05, 0) is 83.5 Å². The summed E-state index contributed by atoms with van der Waals surface area (Å²) in [6, 6.07) is 15.7. The van der Waals surface area contributed by atoms with Crippen molar-refractivity contribution in [2.75, 3.05) is 6.61 Å². The van der Waals surface area contributed by atoms with Gasteiger partial charge in [-0.1, -0.05) is 93.6 Å². The number of rotatable bonds is 13. The lowest BCUT2D eigenvalue weighted by Crippen LogP contribution is -2.17. The van der Waals surface area contributed by atoms with Gasteiger partial charge in [0, 0.05) is 12.0 Å². The minimum absolute atomic E-state index is 0.0501. The first-order chi connectivity index (χ1) is 20.4. The Balaban J connectivity index is 1.47. The Hall–Kier alpha value is -3.86. The smallest absolute Gasteiger partial charge is 0.201 e. The molecule has 0 saturated carbocycles. The van der Waals surface area contributed by atoms with E-state index in [-0.39, 0.29) is 30.3 Å². The zero-order valence-electron chi connectivity index (χ0n) is 24.2. The van der Waals surface area contributed by atoms with Crippen LogP contribution in [0.5, 0.6) is 5.75 Å². The van der Waals surface area contributed by atoms with Crippen LogP contribution in [-0.2, 0) is 25.7 Å². The maximum Gasteiger partial charge on any atom is 0.201 e. The molecule has 0 aromatic heterocycles. The summed E-state index contributed by atoms with van der Waals surface area (Å²) in [5.41, 5.74) is 5.14. The molecule has 0 radical (unpaired) electrons. The molecule has 0 N–H and O–H groups in total. The number of benzene rings is 3. The summed E-state index contributed by atoms with van der Waals surface area (Å²) in [6.07, 6.45) is 11.1. The van der Waals surface area contributed by atoms with Gasteiger partial charge in [-0.3, -0.25) is 0 Å². The van der Waals surface area contributed by atoms with Crippen LogP contribution in [0.4, 0.5) is 17.6 Å². The quantitative estimate of drug-likeness (QED) is 0.0854. The Morgan fingerprint density at radius 1 is 0.929 bits per heavy atom. The molecule has 220 valence electrons. The van der Waals surface area contributed by atoms with Crippen molar-refractivity contribution in [3.63, 3.8) is 0 Å². The molecule has 0 bridgehead atoms. The molecule has 3 aromatic carbocycles. The van der Waals surface area contributed by atoms with E-state index in [1.165, 1.54) is 60.2 Å². The second-order valence-electron chi connectivity index (χ2n) is 10.8. The predicted molar refractivity (Wildman–Crippen MR) is 164 cm³/mol. The number of unbranched alkanes of at least 4 members (excludes halogenated alkanes) is 2. The average Bonchev–Trinajstić information content (AvgIpc) is 3.00. The average molecular weight is 575 g/mol. The van der Waals surface area contributed by atoms with Crippen LogP contribution in [0.25, 0.3) is 11.1 Å². The number of hydrogen-bond acceptors (Lipinski definition) is 1. The molecule has 0 fully saturated rings. The highest BCUT2D eigenvalue weighted by molar-refractivity contribution is 5.65. The van der Waals surface area contributed by atoms with Gasteiger partial charge in [0.1, 0.15) is 12.4 Å². The lowest BCUT2D eigenvalue weighted by atomic mass is 9.78. The summed E-state index contributed by atoms with van der Waals surface area (Å²) in [5, 5.41) is 0. The summed E-state index contributed by atoms with van der Waals surface area (Å²) in [7, 11) is 0. The van der Waals surface area contributed by atoms with Gasteiger partial charge in [-0.25, -0.2) is 13.2 Å². The number of ether oxygens (including phenoxy) is 1. The normalized spacial score (nSPS) is 15.5. The molecule has 1 nitrogen and oxygen atoms in total. The highest BCUT2D eigenvalue weighted by Gasteiger charge is 2.26. The first-order valence-electron chi connectivity index (χ1n) is 14.6. The molecular formula is C37H38F4O. The van der Waals surface area contributed by atoms with Gasteiger partial charge < -0.3 is 4.74 Å². The van der Waals surface area contributed by atoms with Crippen LogP contribution in [0.2, 0.25) is 0 Å². The molecule has 1 aliphatic carbocycles. The van der Waals surface area contributed by atoms with Gasteiger partial charge >= 0.3 is 0 Å². The van der Waals surface area contributed by atoms with Crippen molar-refractivity contribution < 1.29 is 22.3 Å². The largest absolute Gasteiger partial charge is 0.486 e. The number of allylic oxidation sites excluding steroid dienone is 5. The lowest BCUT2D eigenvalue weighted by Gasteiger charge is -2.27. The van der Waals surface area contributed by atoms with Crippen molar-refractivity contribution in [3.05, 3.63) is 137 Å². The molecule has 1 unspecified atom stereocenters. The van der Waals surface area contributed by atoms with E-state index >= 15 is 8.78 Å². The third-order valence-corrected chi connectivity index (χ3v) is 7.82. The minimum atomic E-state index is -1.09. The third-order valence-electron chi connectivity index (χ3n) is 7.82. The predicted octanol–water partition coefficient (Wildman–Crippen LogP) is 10.5. The van der Waals surface area contributed by atoms with Crippen LogP contribution in [0.1, 0.15) is 54.9 Å². The van der Waals surface area contributed by atoms with Gasteiger partial charge in [0.25, 0.3) is 0 Å². The van der Waals surface area contributed by atoms with Crippen LogP contribution in [-0.4, -0.2) is 6.61 Å². The van der Waals surface area contributed by atoms with Gasteiger partial charge in [-0.2, -0.15) is 4.39 Å². The van der Waals surface area contributed by atoms with Crippen LogP contribution in [0.15, 0.2) is 103 Å². The van der Waals surface area contributed by atoms with E-state index in [9.17, 15) is 8.78 Å². The number of fused-ring (bicyclic) bond motifs is 1. The Kier molecular flexibility index (Phi) is 11.0. The van der Waals surface area contributed by atoms with Crippen molar-refractivity contribution in [3.8, 4) is 16.9 Å². The van der Waals surface area contributed by atoms with E-state index in [1.807, 2.05) is 0 Å². The standard InChI is InChI=1S/C37H38F4O/c1-4-7-8-10-25-13-16-29-24-30(18-17-28(29)22-25)31(9-5-2)35(39)33(38)23-26-11-14-27(15-12-26)32-19-20-34(42-21-6-3)37(41)36(32)40/h5-6,9,11-16,19-20,22,30H,2-4,7-8,10,17-18,21,23-24H2,1H3/b31-9-,35-33-. The molecule has 42 heavy (non-hydrogen) atoms. The van der Waals surface area contributed by atoms with Gasteiger partial charge in [0.05, 0.1) is 0 Å². The van der Waals surface area contributed by atoms with Crippen LogP contribution in [0.3, 0.4) is 0 Å². The maximum atomic E-state index is 15.6. The fourth-order valence-corrected chi connectivity index (χ4v) is 5.55. The Bertz CT molecular complexity index is 1470. The van der Waals surface area contributed by atoms with Crippen LogP contribution in [0, 0.1) is 17.6 Å². The van der Waals surface area contributed by atoms with Crippen molar-refractivity contribution >= 4 is 0 Å². The number of hydrogen-bond donors (Lipinski definition) is 0. The molecule has 0 saturated heterocycles. The Morgan fingerprint density at radius 3 is 2.40 bits per heavy atom. The maximum absolute atomic E-state index is 15.6. The van der Waals surface area contributed by atoms with Crippen LogP contribution >= 0.6 is 0 Å². The number of aryl methyl sites for hydroxylation is 2. The number of halogens is 4. The molecular weight excluding hydrogens is 536 g/mol. The summed E-state index contributed by atoms with van der Waals surface area (Å²) < 4.78 is 65.1. The Labute approximate surface area is 246 Å². The second-order valence-corrected chi connectivity index (χ2v) is 10.8. The van der Waals surface area contributed by atoms with Crippen molar-refractivity contribution in [2.24, 2.45) is 5.92 Å². The van der Waals surface area contributed by atoms with E-state index in [4.69, 9.17) is 4.74 Å². The molecule has 1 aliphatic rings. The van der Waals surface area contributed by atoms with Crippen molar-refractivity contribution in [1.29, 1.82) is 0 Å². The molecule has 0 aliphatic heterocycles. The van der Waals surface area contributed by atoms with E-state index in [0.717, 1.165) is 19.3 Å². The molecule has 5 heteroatoms. The molecule has 0 heterocycles. The zero-order chi connectivity index (χ0) is 30.1.